The summed E-state index contributed by atoms with van der Waals surface area (Å²) in [6.45, 7) is 13.9. The maximum absolute atomic E-state index is 14.2. The Morgan fingerprint density at radius 3 is 2.05 bits per heavy atom. The second-order valence-corrected chi connectivity index (χ2v) is 14.7. The molecule has 2 saturated carbocycles. The monoisotopic (exact) mass is 554 g/mol. The molecule has 0 unspecified atom stereocenters. The van der Waals surface area contributed by atoms with Crippen molar-refractivity contribution in [1.29, 1.82) is 0 Å². The van der Waals surface area contributed by atoms with E-state index in [1.165, 1.54) is 0 Å². The van der Waals surface area contributed by atoms with Crippen molar-refractivity contribution in [2.45, 2.75) is 154 Å². The Labute approximate surface area is 242 Å². The van der Waals surface area contributed by atoms with E-state index < -0.39 is 5.54 Å². The zero-order chi connectivity index (χ0) is 29.1. The Morgan fingerprint density at radius 1 is 0.925 bits per heavy atom. The van der Waals surface area contributed by atoms with Crippen molar-refractivity contribution in [2.24, 2.45) is 0 Å². The smallest absolute Gasteiger partial charge is 0.246 e. The number of carbonyl (C=O) groups is 2. The van der Waals surface area contributed by atoms with E-state index in [2.05, 4.69) is 59.0 Å². The van der Waals surface area contributed by atoms with Gasteiger partial charge in [0, 0.05) is 25.6 Å². The van der Waals surface area contributed by atoms with Crippen LogP contribution in [0.5, 0.6) is 5.75 Å². The van der Waals surface area contributed by atoms with Crippen molar-refractivity contribution in [3.8, 4) is 5.75 Å². The molecule has 0 spiro atoms. The molecule has 6 heteroatoms. The Hall–Kier alpha value is -2.08. The molecule has 2 N–H and O–H groups in total. The summed E-state index contributed by atoms with van der Waals surface area (Å²) in [5.74, 6) is 0.460. The predicted octanol–water partition coefficient (Wildman–Crippen LogP) is 6.69. The molecule has 0 radical (unpaired) electrons. The number of rotatable bonds is 8. The van der Waals surface area contributed by atoms with Gasteiger partial charge in [-0.2, -0.15) is 0 Å². The fourth-order valence-electron chi connectivity index (χ4n) is 7.02. The van der Waals surface area contributed by atoms with E-state index in [-0.39, 0.29) is 34.8 Å². The Bertz CT molecular complexity index is 998. The molecule has 0 bridgehead atoms. The van der Waals surface area contributed by atoms with Crippen molar-refractivity contribution < 1.29 is 19.4 Å². The fourth-order valence-corrected chi connectivity index (χ4v) is 7.02. The molecule has 224 valence electrons. The number of hydrogen-bond donors (Lipinski definition) is 2. The molecule has 3 fully saturated rings. The van der Waals surface area contributed by atoms with Crippen molar-refractivity contribution in [1.82, 2.24) is 10.2 Å². The lowest BCUT2D eigenvalue weighted by molar-refractivity contribution is -0.153. The van der Waals surface area contributed by atoms with Crippen molar-refractivity contribution in [3.63, 3.8) is 0 Å². The van der Waals surface area contributed by atoms with E-state index in [1.54, 1.807) is 0 Å². The quantitative estimate of drug-likeness (QED) is 0.375. The summed E-state index contributed by atoms with van der Waals surface area (Å²) in [5, 5.41) is 14.5. The van der Waals surface area contributed by atoms with Crippen LogP contribution in [0, 0.1) is 0 Å². The second kappa shape index (κ2) is 12.4. The number of benzene rings is 1. The zero-order valence-corrected chi connectivity index (χ0v) is 26.0. The summed E-state index contributed by atoms with van der Waals surface area (Å²) in [6.07, 6.45) is 11.8. The lowest BCUT2D eigenvalue weighted by atomic mass is 9.77. The molecule has 0 aromatic heterocycles. The molecule has 1 saturated heterocycles. The summed E-state index contributed by atoms with van der Waals surface area (Å²) >= 11 is 0. The van der Waals surface area contributed by atoms with E-state index in [9.17, 15) is 14.7 Å². The third-order valence-corrected chi connectivity index (χ3v) is 9.43. The van der Waals surface area contributed by atoms with Gasteiger partial charge in [0.25, 0.3) is 0 Å². The zero-order valence-electron chi connectivity index (χ0n) is 26.0. The highest BCUT2D eigenvalue weighted by molar-refractivity contribution is 5.92. The van der Waals surface area contributed by atoms with Crippen LogP contribution in [0.2, 0.25) is 0 Å². The van der Waals surface area contributed by atoms with Gasteiger partial charge in [0.1, 0.15) is 11.3 Å². The normalized spacial score (nSPS) is 21.9. The summed E-state index contributed by atoms with van der Waals surface area (Å²) in [4.78, 5) is 30.2. The van der Waals surface area contributed by atoms with Crippen LogP contribution in [0.3, 0.4) is 0 Å². The number of aryl methyl sites for hydroxylation is 1. The van der Waals surface area contributed by atoms with Gasteiger partial charge in [-0.15, -0.1) is 0 Å². The van der Waals surface area contributed by atoms with Crippen molar-refractivity contribution >= 4 is 11.8 Å². The van der Waals surface area contributed by atoms with Gasteiger partial charge in [0.15, 0.2) is 0 Å². The molecular weight excluding hydrogens is 500 g/mol. The molecule has 6 nitrogen and oxygen atoms in total. The Balaban J connectivity index is 1.62. The van der Waals surface area contributed by atoms with Gasteiger partial charge in [-0.3, -0.25) is 9.59 Å². The second-order valence-electron chi connectivity index (χ2n) is 14.7. The van der Waals surface area contributed by atoms with E-state index in [0.717, 1.165) is 93.9 Å². The highest BCUT2D eigenvalue weighted by Crippen LogP contribution is 2.41. The molecule has 40 heavy (non-hydrogen) atoms. The van der Waals surface area contributed by atoms with Gasteiger partial charge < -0.3 is 20.1 Å². The van der Waals surface area contributed by atoms with Gasteiger partial charge in [0.05, 0.1) is 6.10 Å². The first-order chi connectivity index (χ1) is 18.8. The molecule has 1 aromatic rings. The molecule has 2 aliphatic carbocycles. The molecule has 3 aliphatic rings. The Kier molecular flexibility index (Phi) is 9.59. The minimum absolute atomic E-state index is 0.00399. The molecular formula is C34H54N2O4. The first kappa shape index (κ1) is 30.9. The SMILES string of the molecule is CC(C)(C)c1cc(CCC(=O)N(C[C@H]2CCCO2)C2(C(=O)NC3CCCC3)CCCCC2)cc(C(C)(C)C)c1O. The van der Waals surface area contributed by atoms with Crippen molar-refractivity contribution in [3.05, 3.63) is 28.8 Å². The molecule has 1 heterocycles. The summed E-state index contributed by atoms with van der Waals surface area (Å²) in [6, 6.07) is 4.38. The molecule has 4 rings (SSSR count). The maximum atomic E-state index is 14.2. The van der Waals surface area contributed by atoms with E-state index in [1.807, 2.05) is 4.90 Å². The highest BCUT2D eigenvalue weighted by atomic mass is 16.5. The number of hydrogen-bond acceptors (Lipinski definition) is 4. The highest BCUT2D eigenvalue weighted by Gasteiger charge is 2.48. The molecule has 2 amide bonds. The fraction of sp³-hybridized carbons (Fsp3) is 0.765. The lowest BCUT2D eigenvalue weighted by Gasteiger charge is -2.46. The van der Waals surface area contributed by atoms with Gasteiger partial charge in [-0.25, -0.2) is 0 Å². The van der Waals surface area contributed by atoms with Crippen LogP contribution in [0.15, 0.2) is 12.1 Å². The average Bonchev–Trinajstić information content (AvgIpc) is 3.60. The van der Waals surface area contributed by atoms with E-state index in [0.29, 0.717) is 25.1 Å². The van der Waals surface area contributed by atoms with E-state index in [4.69, 9.17) is 4.74 Å². The predicted molar refractivity (Wildman–Crippen MR) is 161 cm³/mol. The minimum Gasteiger partial charge on any atom is -0.507 e. The van der Waals surface area contributed by atoms with Crippen LogP contribution in [0.4, 0.5) is 0 Å². The van der Waals surface area contributed by atoms with Crippen molar-refractivity contribution in [2.75, 3.05) is 13.2 Å². The third kappa shape index (κ3) is 7.03. The molecule has 1 aromatic carbocycles. The number of phenolic OH excluding ortho intramolecular Hbond substituents is 1. The molecule has 1 aliphatic heterocycles. The maximum Gasteiger partial charge on any atom is 0.246 e. The number of nitrogens with one attached hydrogen (secondary N) is 1. The van der Waals surface area contributed by atoms with Crippen LogP contribution in [0.25, 0.3) is 0 Å². The summed E-state index contributed by atoms with van der Waals surface area (Å²) in [7, 11) is 0. The van der Waals surface area contributed by atoms with Gasteiger partial charge in [0.2, 0.25) is 11.8 Å². The lowest BCUT2D eigenvalue weighted by Crippen LogP contribution is -2.64. The summed E-state index contributed by atoms with van der Waals surface area (Å²) < 4.78 is 6.01. The topological polar surface area (TPSA) is 78.9 Å². The standard InChI is InChI=1S/C34H54N2O4/c1-32(2,3)27-21-24(22-28(30(27)38)33(4,5)6)16-17-29(37)36(23-26-15-12-20-40-26)34(18-10-7-11-19-34)31(39)35-25-13-8-9-14-25/h21-22,25-26,38H,7-20,23H2,1-6H3,(H,35,39)/t26-/m1/s1. The number of ether oxygens (including phenoxy) is 1. The van der Waals surface area contributed by atoms with Crippen LogP contribution in [-0.4, -0.2) is 52.7 Å². The Morgan fingerprint density at radius 2 is 1.52 bits per heavy atom. The van der Waals surface area contributed by atoms with Crippen LogP contribution in [-0.2, 0) is 31.6 Å². The number of carbonyl (C=O) groups excluding carboxylic acids is 2. The number of amides is 2. The van der Waals surface area contributed by atoms with Crippen LogP contribution in [0.1, 0.15) is 135 Å². The van der Waals surface area contributed by atoms with E-state index >= 15 is 0 Å². The molecule has 1 atom stereocenters. The number of nitrogens with zero attached hydrogens (tertiary/aromatic N) is 1. The minimum atomic E-state index is -0.786. The first-order valence-electron chi connectivity index (χ1n) is 15.9. The van der Waals surface area contributed by atoms with Gasteiger partial charge >= 0.3 is 0 Å². The summed E-state index contributed by atoms with van der Waals surface area (Å²) in [5.41, 5.74) is 1.66. The van der Waals surface area contributed by atoms with Gasteiger partial charge in [-0.1, -0.05) is 85.8 Å². The van der Waals surface area contributed by atoms with Crippen LogP contribution >= 0.6 is 0 Å². The first-order valence-corrected chi connectivity index (χ1v) is 15.9. The van der Waals surface area contributed by atoms with Gasteiger partial charge in [-0.05, 0) is 72.5 Å². The number of aromatic hydroxyl groups is 1. The largest absolute Gasteiger partial charge is 0.507 e. The average molecular weight is 555 g/mol. The van der Waals surface area contributed by atoms with Crippen LogP contribution < -0.4 is 5.32 Å². The number of phenols is 1. The third-order valence-electron chi connectivity index (χ3n) is 9.43.